The fourth-order valence-electron chi connectivity index (χ4n) is 2.09. The second kappa shape index (κ2) is 6.49. The van der Waals surface area contributed by atoms with Crippen molar-refractivity contribution < 1.29 is 4.79 Å². The lowest BCUT2D eigenvalue weighted by atomic mass is 10.0. The predicted molar refractivity (Wildman–Crippen MR) is 62.7 cm³/mol. The Kier molecular flexibility index (Phi) is 5.27. The van der Waals surface area contributed by atoms with E-state index in [9.17, 15) is 4.79 Å². The summed E-state index contributed by atoms with van der Waals surface area (Å²) in [4.78, 5) is 13.9. The van der Waals surface area contributed by atoms with Gasteiger partial charge in [-0.25, -0.2) is 0 Å². The van der Waals surface area contributed by atoms with Crippen LogP contribution in [0.5, 0.6) is 0 Å². The number of nitriles is 1. The van der Waals surface area contributed by atoms with E-state index >= 15 is 0 Å². The highest BCUT2D eigenvalue weighted by molar-refractivity contribution is 5.76. The van der Waals surface area contributed by atoms with Crippen LogP contribution in [0.4, 0.5) is 0 Å². The predicted octanol–water partition coefficient (Wildman–Crippen LogP) is 1.14. The summed E-state index contributed by atoms with van der Waals surface area (Å²) in [7, 11) is 0. The van der Waals surface area contributed by atoms with Gasteiger partial charge in [0.05, 0.1) is 12.5 Å². The number of nitrogens with zero attached hydrogens (tertiary/aromatic N) is 2. The van der Waals surface area contributed by atoms with Crippen LogP contribution >= 0.6 is 0 Å². The van der Waals surface area contributed by atoms with Gasteiger partial charge in [0, 0.05) is 19.0 Å². The number of hydrogen-bond donors (Lipinski definition) is 1. The van der Waals surface area contributed by atoms with Gasteiger partial charge in [-0.15, -0.1) is 0 Å². The van der Waals surface area contributed by atoms with Crippen molar-refractivity contribution in [2.75, 3.05) is 19.6 Å². The van der Waals surface area contributed by atoms with Gasteiger partial charge in [0.25, 0.3) is 0 Å². The first-order valence-electron chi connectivity index (χ1n) is 6.02. The summed E-state index contributed by atoms with van der Waals surface area (Å²) in [5.41, 5.74) is 0. The molecule has 90 valence electrons. The maximum Gasteiger partial charge on any atom is 0.223 e. The van der Waals surface area contributed by atoms with Crippen LogP contribution in [-0.4, -0.2) is 36.5 Å². The maximum atomic E-state index is 12.0. The zero-order valence-electron chi connectivity index (χ0n) is 10.2. The standard InChI is InChI=1S/C12H21N3O/c1-10(2)15(7-3-5-13)12(16)8-11-4-6-14-9-11/h10-11,14H,3-4,6-9H2,1-2H3. The molecule has 1 saturated heterocycles. The lowest BCUT2D eigenvalue weighted by Crippen LogP contribution is -2.38. The quantitative estimate of drug-likeness (QED) is 0.760. The van der Waals surface area contributed by atoms with E-state index in [0.29, 0.717) is 25.3 Å². The van der Waals surface area contributed by atoms with Crippen molar-refractivity contribution >= 4 is 5.91 Å². The van der Waals surface area contributed by atoms with Crippen molar-refractivity contribution in [1.82, 2.24) is 10.2 Å². The van der Waals surface area contributed by atoms with Crippen LogP contribution in [-0.2, 0) is 4.79 Å². The minimum Gasteiger partial charge on any atom is -0.339 e. The molecule has 1 aliphatic rings. The largest absolute Gasteiger partial charge is 0.339 e. The summed E-state index contributed by atoms with van der Waals surface area (Å²) in [6, 6.07) is 2.29. The van der Waals surface area contributed by atoms with E-state index in [1.54, 1.807) is 0 Å². The molecule has 1 fully saturated rings. The molecule has 1 aliphatic heterocycles. The third kappa shape index (κ3) is 3.82. The van der Waals surface area contributed by atoms with Crippen LogP contribution in [0.25, 0.3) is 0 Å². The molecule has 0 saturated carbocycles. The van der Waals surface area contributed by atoms with Crippen molar-refractivity contribution in [3.05, 3.63) is 0 Å². The first-order chi connectivity index (χ1) is 7.65. The number of nitrogens with one attached hydrogen (secondary N) is 1. The lowest BCUT2D eigenvalue weighted by molar-refractivity contribution is -0.133. The molecule has 1 heterocycles. The van der Waals surface area contributed by atoms with E-state index in [-0.39, 0.29) is 11.9 Å². The second-order valence-corrected chi connectivity index (χ2v) is 4.65. The van der Waals surface area contributed by atoms with E-state index < -0.39 is 0 Å². The van der Waals surface area contributed by atoms with Gasteiger partial charge in [-0.05, 0) is 39.3 Å². The van der Waals surface area contributed by atoms with Crippen molar-refractivity contribution in [1.29, 1.82) is 5.26 Å². The normalized spacial score (nSPS) is 19.8. The highest BCUT2D eigenvalue weighted by Crippen LogP contribution is 2.15. The molecule has 1 atom stereocenters. The molecule has 0 bridgehead atoms. The summed E-state index contributed by atoms with van der Waals surface area (Å²) in [6.07, 6.45) is 2.14. The molecule has 0 aromatic carbocycles. The molecule has 0 radical (unpaired) electrons. The van der Waals surface area contributed by atoms with Gasteiger partial charge < -0.3 is 10.2 Å². The summed E-state index contributed by atoms with van der Waals surface area (Å²) < 4.78 is 0. The van der Waals surface area contributed by atoms with E-state index in [1.165, 1.54) is 0 Å². The van der Waals surface area contributed by atoms with E-state index in [1.807, 2.05) is 18.7 Å². The topological polar surface area (TPSA) is 56.1 Å². The monoisotopic (exact) mass is 223 g/mol. The average Bonchev–Trinajstić information content (AvgIpc) is 2.70. The minimum atomic E-state index is 0.190. The summed E-state index contributed by atoms with van der Waals surface area (Å²) in [6.45, 7) is 6.55. The summed E-state index contributed by atoms with van der Waals surface area (Å²) in [5.74, 6) is 0.676. The van der Waals surface area contributed by atoms with Crippen LogP contribution < -0.4 is 5.32 Å². The molecule has 0 aromatic heterocycles. The Morgan fingerprint density at radius 3 is 2.88 bits per heavy atom. The second-order valence-electron chi connectivity index (χ2n) is 4.65. The van der Waals surface area contributed by atoms with Crippen LogP contribution in [0.2, 0.25) is 0 Å². The van der Waals surface area contributed by atoms with Gasteiger partial charge in [-0.1, -0.05) is 0 Å². The first-order valence-corrected chi connectivity index (χ1v) is 6.02. The Morgan fingerprint density at radius 1 is 1.62 bits per heavy atom. The van der Waals surface area contributed by atoms with Gasteiger partial charge >= 0.3 is 0 Å². The number of hydrogen-bond acceptors (Lipinski definition) is 3. The number of amides is 1. The fraction of sp³-hybridized carbons (Fsp3) is 0.833. The zero-order chi connectivity index (χ0) is 12.0. The molecule has 0 spiro atoms. The van der Waals surface area contributed by atoms with Crippen molar-refractivity contribution in [3.8, 4) is 6.07 Å². The Hall–Kier alpha value is -1.08. The fourth-order valence-corrected chi connectivity index (χ4v) is 2.09. The smallest absolute Gasteiger partial charge is 0.223 e. The zero-order valence-corrected chi connectivity index (χ0v) is 10.2. The Bertz CT molecular complexity index is 264. The number of rotatable bonds is 5. The highest BCUT2D eigenvalue weighted by atomic mass is 16.2. The van der Waals surface area contributed by atoms with Gasteiger partial charge in [0.15, 0.2) is 0 Å². The molecule has 1 N–H and O–H groups in total. The molecule has 16 heavy (non-hydrogen) atoms. The molecule has 0 aromatic rings. The summed E-state index contributed by atoms with van der Waals surface area (Å²) in [5, 5.41) is 11.8. The molecular weight excluding hydrogens is 202 g/mol. The third-order valence-electron chi connectivity index (χ3n) is 3.03. The Balaban J connectivity index is 2.43. The van der Waals surface area contributed by atoms with Crippen LogP contribution in [0.15, 0.2) is 0 Å². The van der Waals surface area contributed by atoms with Crippen LogP contribution in [0.1, 0.15) is 33.1 Å². The van der Waals surface area contributed by atoms with Gasteiger partial charge in [-0.3, -0.25) is 4.79 Å². The van der Waals surface area contributed by atoms with Crippen LogP contribution in [0.3, 0.4) is 0 Å². The minimum absolute atomic E-state index is 0.190. The first kappa shape index (κ1) is 13.0. The molecule has 1 amide bonds. The van der Waals surface area contributed by atoms with Crippen molar-refractivity contribution in [2.24, 2.45) is 5.92 Å². The van der Waals surface area contributed by atoms with E-state index in [2.05, 4.69) is 11.4 Å². The summed E-state index contributed by atoms with van der Waals surface area (Å²) >= 11 is 0. The van der Waals surface area contributed by atoms with Crippen molar-refractivity contribution in [2.45, 2.75) is 39.2 Å². The Labute approximate surface area is 97.6 Å². The number of carbonyl (C=O) groups excluding carboxylic acids is 1. The highest BCUT2D eigenvalue weighted by Gasteiger charge is 2.22. The van der Waals surface area contributed by atoms with Gasteiger partial charge in [0.2, 0.25) is 5.91 Å². The van der Waals surface area contributed by atoms with Gasteiger partial charge in [-0.2, -0.15) is 5.26 Å². The van der Waals surface area contributed by atoms with Crippen LogP contribution in [0, 0.1) is 17.2 Å². The third-order valence-corrected chi connectivity index (χ3v) is 3.03. The Morgan fingerprint density at radius 2 is 2.38 bits per heavy atom. The van der Waals surface area contributed by atoms with E-state index in [0.717, 1.165) is 19.5 Å². The molecule has 4 nitrogen and oxygen atoms in total. The lowest BCUT2D eigenvalue weighted by Gasteiger charge is -2.27. The number of carbonyl (C=O) groups is 1. The van der Waals surface area contributed by atoms with Crippen molar-refractivity contribution in [3.63, 3.8) is 0 Å². The molecule has 0 aliphatic carbocycles. The van der Waals surface area contributed by atoms with E-state index in [4.69, 9.17) is 5.26 Å². The SMILES string of the molecule is CC(C)N(CCC#N)C(=O)CC1CCNC1. The molecular formula is C12H21N3O. The van der Waals surface area contributed by atoms with Gasteiger partial charge in [0.1, 0.15) is 0 Å². The molecule has 1 rings (SSSR count). The average molecular weight is 223 g/mol. The molecule has 4 heteroatoms. The molecule has 1 unspecified atom stereocenters. The maximum absolute atomic E-state index is 12.0.